The van der Waals surface area contributed by atoms with Crippen molar-refractivity contribution in [2.45, 2.75) is 13.8 Å². The van der Waals surface area contributed by atoms with Gasteiger partial charge in [-0.1, -0.05) is 0 Å². The van der Waals surface area contributed by atoms with Crippen LogP contribution in [0.15, 0.2) is 0 Å². The second-order valence-corrected chi connectivity index (χ2v) is 4.83. The van der Waals surface area contributed by atoms with E-state index in [-0.39, 0.29) is 13.1 Å². The lowest BCUT2D eigenvalue weighted by molar-refractivity contribution is -0.140. The molecule has 1 rings (SSSR count). The molecule has 100 valence electrons. The molecule has 0 atom stereocenters. The molecule has 0 N–H and O–H groups in total. The van der Waals surface area contributed by atoms with E-state index in [9.17, 15) is 9.59 Å². The average molecular weight is 272 g/mol. The predicted molar refractivity (Wildman–Crippen MR) is 67.8 cm³/mol. The summed E-state index contributed by atoms with van der Waals surface area (Å²) in [6.07, 6.45) is 0. The maximum absolute atomic E-state index is 11.3. The summed E-state index contributed by atoms with van der Waals surface area (Å²) in [5.41, 5.74) is 0.884. The van der Waals surface area contributed by atoms with Crippen LogP contribution in [-0.2, 0) is 19.1 Å². The number of carbonyl (C=O) groups is 2. The average Bonchev–Trinajstić information content (AvgIpc) is 2.68. The molecular weight excluding hydrogens is 256 g/mol. The summed E-state index contributed by atoms with van der Waals surface area (Å²) in [4.78, 5) is 29.5. The highest BCUT2D eigenvalue weighted by molar-refractivity contribution is 7.15. The monoisotopic (exact) mass is 272 g/mol. The van der Waals surface area contributed by atoms with Crippen LogP contribution in [0.1, 0.15) is 10.6 Å². The van der Waals surface area contributed by atoms with Gasteiger partial charge in [0, 0.05) is 4.88 Å². The lowest BCUT2D eigenvalue weighted by Crippen LogP contribution is -2.35. The van der Waals surface area contributed by atoms with Crippen molar-refractivity contribution < 1.29 is 19.1 Å². The number of esters is 2. The van der Waals surface area contributed by atoms with E-state index < -0.39 is 11.9 Å². The molecular formula is C11H16N2O4S. The number of rotatable bonds is 5. The van der Waals surface area contributed by atoms with Gasteiger partial charge in [-0.05, 0) is 13.8 Å². The zero-order chi connectivity index (χ0) is 13.7. The summed E-state index contributed by atoms with van der Waals surface area (Å²) in [6.45, 7) is 3.75. The molecule has 0 aliphatic carbocycles. The zero-order valence-electron chi connectivity index (χ0n) is 10.8. The van der Waals surface area contributed by atoms with E-state index >= 15 is 0 Å². The highest BCUT2D eigenvalue weighted by atomic mass is 32.1. The molecule has 7 heteroatoms. The minimum absolute atomic E-state index is 0.0298. The predicted octanol–water partition coefficient (Wildman–Crippen LogP) is 0.912. The van der Waals surface area contributed by atoms with E-state index in [1.165, 1.54) is 25.6 Å². The fourth-order valence-electron chi connectivity index (χ4n) is 1.22. The molecule has 1 heterocycles. The van der Waals surface area contributed by atoms with Crippen molar-refractivity contribution in [2.24, 2.45) is 0 Å². The van der Waals surface area contributed by atoms with E-state index in [1.807, 2.05) is 13.8 Å². The van der Waals surface area contributed by atoms with E-state index in [4.69, 9.17) is 0 Å². The van der Waals surface area contributed by atoms with Gasteiger partial charge in [-0.2, -0.15) is 0 Å². The van der Waals surface area contributed by atoms with Crippen LogP contribution in [0.2, 0.25) is 0 Å². The SMILES string of the molecule is COC(=O)CN(CC(=O)OC)c1nc(C)c(C)s1. The summed E-state index contributed by atoms with van der Waals surface area (Å²) in [6, 6.07) is 0. The first kappa shape index (κ1) is 14.4. The number of methoxy groups -OCH3 is 2. The van der Waals surface area contributed by atoms with Gasteiger partial charge >= 0.3 is 11.9 Å². The van der Waals surface area contributed by atoms with Crippen molar-refractivity contribution >= 4 is 28.4 Å². The minimum atomic E-state index is -0.426. The Kier molecular flexibility index (Phi) is 5.08. The number of carbonyl (C=O) groups excluding carboxylic acids is 2. The Morgan fingerprint density at radius 3 is 2.00 bits per heavy atom. The van der Waals surface area contributed by atoms with Crippen molar-refractivity contribution in [3.63, 3.8) is 0 Å². The zero-order valence-corrected chi connectivity index (χ0v) is 11.7. The van der Waals surface area contributed by atoms with Gasteiger partial charge in [-0.25, -0.2) is 4.98 Å². The number of aromatic nitrogens is 1. The van der Waals surface area contributed by atoms with Crippen LogP contribution >= 0.6 is 11.3 Å². The summed E-state index contributed by atoms with van der Waals surface area (Å²) >= 11 is 1.43. The van der Waals surface area contributed by atoms with Crippen LogP contribution in [0.4, 0.5) is 5.13 Å². The number of hydrogen-bond donors (Lipinski definition) is 0. The maximum Gasteiger partial charge on any atom is 0.325 e. The first-order chi connectivity index (χ1) is 8.47. The molecule has 0 saturated heterocycles. The molecule has 0 amide bonds. The van der Waals surface area contributed by atoms with Crippen molar-refractivity contribution in [2.75, 3.05) is 32.2 Å². The van der Waals surface area contributed by atoms with Crippen molar-refractivity contribution in [3.8, 4) is 0 Å². The molecule has 1 aromatic heterocycles. The Balaban J connectivity index is 2.88. The number of aryl methyl sites for hydroxylation is 2. The Bertz CT molecular complexity index is 407. The number of ether oxygens (including phenoxy) is 2. The Labute approximate surface area is 110 Å². The van der Waals surface area contributed by atoms with Gasteiger partial charge in [-0.15, -0.1) is 11.3 Å². The summed E-state index contributed by atoms with van der Waals surface area (Å²) in [7, 11) is 2.61. The third-order valence-corrected chi connectivity index (χ3v) is 3.52. The molecule has 0 bridgehead atoms. The van der Waals surface area contributed by atoms with Gasteiger partial charge in [0.1, 0.15) is 13.1 Å². The van der Waals surface area contributed by atoms with E-state index in [2.05, 4.69) is 14.5 Å². The number of hydrogen-bond acceptors (Lipinski definition) is 7. The Morgan fingerprint density at radius 1 is 1.17 bits per heavy atom. The third-order valence-electron chi connectivity index (χ3n) is 2.38. The van der Waals surface area contributed by atoms with Crippen LogP contribution in [0.25, 0.3) is 0 Å². The van der Waals surface area contributed by atoms with Gasteiger partial charge < -0.3 is 14.4 Å². The lowest BCUT2D eigenvalue weighted by atomic mass is 10.4. The van der Waals surface area contributed by atoms with Gasteiger partial charge in [0.15, 0.2) is 5.13 Å². The van der Waals surface area contributed by atoms with Crippen LogP contribution in [0.3, 0.4) is 0 Å². The number of nitrogens with zero attached hydrogens (tertiary/aromatic N) is 2. The Hall–Kier alpha value is -1.63. The minimum Gasteiger partial charge on any atom is -0.468 e. The van der Waals surface area contributed by atoms with Crippen LogP contribution < -0.4 is 4.90 Å². The van der Waals surface area contributed by atoms with Crippen molar-refractivity contribution in [1.29, 1.82) is 0 Å². The smallest absolute Gasteiger partial charge is 0.325 e. The molecule has 0 radical (unpaired) electrons. The molecule has 1 aromatic rings. The molecule has 0 aromatic carbocycles. The fraction of sp³-hybridized carbons (Fsp3) is 0.545. The fourth-order valence-corrected chi connectivity index (χ4v) is 2.13. The third kappa shape index (κ3) is 3.69. The number of thiazole rings is 1. The molecule has 18 heavy (non-hydrogen) atoms. The summed E-state index contributed by atoms with van der Waals surface area (Å²) in [5, 5.41) is 0.612. The largest absolute Gasteiger partial charge is 0.468 e. The molecule has 0 spiro atoms. The Morgan fingerprint density at radius 2 is 1.67 bits per heavy atom. The first-order valence-corrected chi connectivity index (χ1v) is 6.12. The van der Waals surface area contributed by atoms with E-state index in [1.54, 1.807) is 4.90 Å². The van der Waals surface area contributed by atoms with E-state index in [0.717, 1.165) is 10.6 Å². The van der Waals surface area contributed by atoms with Crippen LogP contribution in [-0.4, -0.2) is 44.2 Å². The topological polar surface area (TPSA) is 68.7 Å². The first-order valence-electron chi connectivity index (χ1n) is 5.30. The van der Waals surface area contributed by atoms with Crippen LogP contribution in [0.5, 0.6) is 0 Å². The van der Waals surface area contributed by atoms with Gasteiger partial charge in [0.2, 0.25) is 0 Å². The second-order valence-electron chi connectivity index (χ2n) is 3.65. The summed E-state index contributed by atoms with van der Waals surface area (Å²) in [5.74, 6) is -0.853. The van der Waals surface area contributed by atoms with E-state index in [0.29, 0.717) is 5.13 Å². The molecule has 6 nitrogen and oxygen atoms in total. The maximum atomic E-state index is 11.3. The second kappa shape index (κ2) is 6.34. The summed E-state index contributed by atoms with van der Waals surface area (Å²) < 4.78 is 9.20. The molecule has 0 aliphatic heterocycles. The van der Waals surface area contributed by atoms with Gasteiger partial charge in [0.05, 0.1) is 19.9 Å². The molecule has 0 fully saturated rings. The quantitative estimate of drug-likeness (QED) is 0.742. The van der Waals surface area contributed by atoms with Crippen molar-refractivity contribution in [3.05, 3.63) is 10.6 Å². The molecule has 0 saturated carbocycles. The highest BCUT2D eigenvalue weighted by Gasteiger charge is 2.19. The lowest BCUT2D eigenvalue weighted by Gasteiger charge is -2.18. The standard InChI is InChI=1S/C11H16N2O4S/c1-7-8(2)18-11(12-7)13(5-9(14)16-3)6-10(15)17-4/h5-6H2,1-4H3. The van der Waals surface area contributed by atoms with Crippen LogP contribution in [0, 0.1) is 13.8 Å². The highest BCUT2D eigenvalue weighted by Crippen LogP contribution is 2.24. The normalized spacial score (nSPS) is 10.0. The molecule has 0 aliphatic rings. The number of anilines is 1. The van der Waals surface area contributed by atoms with Gasteiger partial charge in [0.25, 0.3) is 0 Å². The van der Waals surface area contributed by atoms with Crippen molar-refractivity contribution in [1.82, 2.24) is 4.98 Å². The molecule has 0 unspecified atom stereocenters. The van der Waals surface area contributed by atoms with Gasteiger partial charge in [-0.3, -0.25) is 9.59 Å².